The van der Waals surface area contributed by atoms with Crippen LogP contribution in [0.25, 0.3) is 0 Å². The minimum Gasteiger partial charge on any atom is -0.324 e. The molecule has 1 aliphatic rings. The molecular formula is C18H29ClN4O3. The van der Waals surface area contributed by atoms with Crippen LogP contribution < -0.4 is 10.6 Å². The molecule has 1 unspecified atom stereocenters. The van der Waals surface area contributed by atoms with Crippen LogP contribution in [0.15, 0.2) is 18.2 Å². The van der Waals surface area contributed by atoms with E-state index < -0.39 is 4.92 Å². The fourth-order valence-electron chi connectivity index (χ4n) is 3.34. The predicted molar refractivity (Wildman–Crippen MR) is 106 cm³/mol. The lowest BCUT2D eigenvalue weighted by Crippen LogP contribution is -2.46. The standard InChI is InChI=1S/C18H28N4O3.ClH/c1-13-16(5-4-6-17(13)22(24)25)20-18(23)14(2)21-11-8-15(9-12-21)7-10-19-3;/h4-6,14-15,19H,7-12H2,1-3H3,(H,20,23);1H. The van der Waals surface area contributed by atoms with Crippen molar-refractivity contribution in [2.24, 2.45) is 5.92 Å². The molecule has 0 bridgehead atoms. The van der Waals surface area contributed by atoms with Crippen LogP contribution in [0.1, 0.15) is 31.7 Å². The Morgan fingerprint density at radius 1 is 1.38 bits per heavy atom. The average molecular weight is 385 g/mol. The number of hydrogen-bond acceptors (Lipinski definition) is 5. The summed E-state index contributed by atoms with van der Waals surface area (Å²) in [5.74, 6) is 0.607. The van der Waals surface area contributed by atoms with Gasteiger partial charge in [-0.05, 0) is 71.8 Å². The lowest BCUT2D eigenvalue weighted by atomic mass is 9.93. The van der Waals surface area contributed by atoms with Crippen LogP contribution in [-0.2, 0) is 4.79 Å². The molecule has 146 valence electrons. The predicted octanol–water partition coefficient (Wildman–Crippen LogP) is 2.97. The van der Waals surface area contributed by atoms with Crippen LogP contribution in [0.5, 0.6) is 0 Å². The van der Waals surface area contributed by atoms with Crippen LogP contribution in [0, 0.1) is 23.0 Å². The molecule has 7 nitrogen and oxygen atoms in total. The molecule has 1 amide bonds. The van der Waals surface area contributed by atoms with E-state index in [-0.39, 0.29) is 30.0 Å². The molecule has 1 saturated heterocycles. The molecule has 8 heteroatoms. The third kappa shape index (κ3) is 5.65. The summed E-state index contributed by atoms with van der Waals surface area (Å²) in [4.78, 5) is 25.4. The van der Waals surface area contributed by atoms with Crippen molar-refractivity contribution < 1.29 is 9.72 Å². The molecule has 1 atom stereocenters. The maximum atomic E-state index is 12.6. The molecule has 0 saturated carbocycles. The van der Waals surface area contributed by atoms with Crippen molar-refractivity contribution in [3.05, 3.63) is 33.9 Å². The van der Waals surface area contributed by atoms with Crippen molar-refractivity contribution in [1.82, 2.24) is 10.2 Å². The van der Waals surface area contributed by atoms with Crippen LogP contribution in [-0.4, -0.2) is 48.5 Å². The second-order valence-electron chi connectivity index (χ2n) is 6.74. The van der Waals surface area contributed by atoms with E-state index in [0.29, 0.717) is 11.3 Å². The summed E-state index contributed by atoms with van der Waals surface area (Å²) in [5, 5.41) is 17.1. The summed E-state index contributed by atoms with van der Waals surface area (Å²) in [7, 11) is 1.97. The maximum Gasteiger partial charge on any atom is 0.274 e. The summed E-state index contributed by atoms with van der Waals surface area (Å²) >= 11 is 0. The molecule has 0 aliphatic carbocycles. The first-order valence-corrected chi connectivity index (χ1v) is 8.87. The Morgan fingerprint density at radius 2 is 2.04 bits per heavy atom. The molecule has 1 aromatic rings. The van der Waals surface area contributed by atoms with E-state index in [1.54, 1.807) is 19.1 Å². The first-order chi connectivity index (χ1) is 11.9. The zero-order valence-electron chi connectivity index (χ0n) is 15.7. The molecule has 0 aromatic heterocycles. The number of nitrogens with one attached hydrogen (secondary N) is 2. The Kier molecular flexibility index (Phi) is 8.98. The van der Waals surface area contributed by atoms with Gasteiger partial charge in [-0.1, -0.05) is 6.07 Å². The van der Waals surface area contributed by atoms with Crippen LogP contribution in [0.2, 0.25) is 0 Å². The van der Waals surface area contributed by atoms with Crippen LogP contribution >= 0.6 is 12.4 Å². The smallest absolute Gasteiger partial charge is 0.274 e. The highest BCUT2D eigenvalue weighted by Gasteiger charge is 2.27. The second-order valence-corrected chi connectivity index (χ2v) is 6.74. The van der Waals surface area contributed by atoms with Gasteiger partial charge in [-0.15, -0.1) is 12.4 Å². The summed E-state index contributed by atoms with van der Waals surface area (Å²) < 4.78 is 0. The van der Waals surface area contributed by atoms with Crippen molar-refractivity contribution in [1.29, 1.82) is 0 Å². The molecule has 0 spiro atoms. The molecule has 1 fully saturated rings. The number of nitro groups is 1. The van der Waals surface area contributed by atoms with Gasteiger partial charge in [0.15, 0.2) is 0 Å². The van der Waals surface area contributed by atoms with Crippen molar-refractivity contribution in [3.8, 4) is 0 Å². The van der Waals surface area contributed by atoms with E-state index >= 15 is 0 Å². The number of likely N-dealkylation sites (tertiary alicyclic amines) is 1. The average Bonchev–Trinajstić information content (AvgIpc) is 2.61. The van der Waals surface area contributed by atoms with E-state index in [2.05, 4.69) is 15.5 Å². The summed E-state index contributed by atoms with van der Waals surface area (Å²) in [6.45, 7) is 6.42. The lowest BCUT2D eigenvalue weighted by molar-refractivity contribution is -0.385. The molecule has 1 heterocycles. The first kappa shape index (κ1) is 22.3. The third-order valence-electron chi connectivity index (χ3n) is 5.14. The van der Waals surface area contributed by atoms with Gasteiger partial charge < -0.3 is 10.6 Å². The Hall–Kier alpha value is -1.70. The Labute approximate surface area is 161 Å². The van der Waals surface area contributed by atoms with E-state index in [4.69, 9.17) is 0 Å². The molecule has 26 heavy (non-hydrogen) atoms. The molecule has 0 radical (unpaired) electrons. The van der Waals surface area contributed by atoms with Gasteiger partial charge in [0.1, 0.15) is 0 Å². The highest BCUT2D eigenvalue weighted by Crippen LogP contribution is 2.26. The Morgan fingerprint density at radius 3 is 2.62 bits per heavy atom. The number of halogens is 1. The summed E-state index contributed by atoms with van der Waals surface area (Å²) in [6, 6.07) is 4.50. The minimum absolute atomic E-state index is 0. The van der Waals surface area contributed by atoms with Crippen molar-refractivity contribution in [2.75, 3.05) is 32.0 Å². The highest BCUT2D eigenvalue weighted by atomic mass is 35.5. The summed E-state index contributed by atoms with van der Waals surface area (Å²) in [6.07, 6.45) is 3.39. The van der Waals surface area contributed by atoms with Gasteiger partial charge in [0.25, 0.3) is 5.69 Å². The monoisotopic (exact) mass is 384 g/mol. The number of benzene rings is 1. The number of nitrogens with zero attached hydrogens (tertiary/aromatic N) is 2. The van der Waals surface area contributed by atoms with Gasteiger partial charge in [-0.25, -0.2) is 0 Å². The highest BCUT2D eigenvalue weighted by molar-refractivity contribution is 5.95. The molecule has 1 aromatic carbocycles. The zero-order valence-corrected chi connectivity index (χ0v) is 16.5. The zero-order chi connectivity index (χ0) is 18.4. The van der Waals surface area contributed by atoms with E-state index in [1.807, 2.05) is 14.0 Å². The van der Waals surface area contributed by atoms with Gasteiger partial charge in [0.2, 0.25) is 5.91 Å². The Bertz CT molecular complexity index is 618. The van der Waals surface area contributed by atoms with E-state index in [9.17, 15) is 14.9 Å². The largest absolute Gasteiger partial charge is 0.324 e. The molecular weight excluding hydrogens is 356 g/mol. The van der Waals surface area contributed by atoms with Gasteiger partial charge in [-0.2, -0.15) is 0 Å². The summed E-state index contributed by atoms with van der Waals surface area (Å²) in [5.41, 5.74) is 1.02. The number of amides is 1. The number of rotatable bonds is 7. The lowest BCUT2D eigenvalue weighted by Gasteiger charge is -2.35. The fourth-order valence-corrected chi connectivity index (χ4v) is 3.34. The van der Waals surface area contributed by atoms with Crippen molar-refractivity contribution in [3.63, 3.8) is 0 Å². The number of hydrogen-bond donors (Lipinski definition) is 2. The topological polar surface area (TPSA) is 87.5 Å². The van der Waals surface area contributed by atoms with Crippen LogP contribution in [0.4, 0.5) is 11.4 Å². The third-order valence-corrected chi connectivity index (χ3v) is 5.14. The second kappa shape index (κ2) is 10.4. The van der Waals surface area contributed by atoms with Gasteiger partial charge in [0.05, 0.1) is 22.2 Å². The number of carbonyl (C=O) groups is 1. The molecule has 2 rings (SSSR count). The SMILES string of the molecule is CNCCC1CCN(C(C)C(=O)Nc2cccc([N+](=O)[O-])c2C)CC1.Cl. The Balaban J connectivity index is 0.00000338. The number of carbonyl (C=O) groups excluding carboxylic acids is 1. The fraction of sp³-hybridized carbons (Fsp3) is 0.611. The van der Waals surface area contributed by atoms with Crippen LogP contribution in [0.3, 0.4) is 0 Å². The quantitative estimate of drug-likeness (QED) is 0.557. The molecule has 2 N–H and O–H groups in total. The van der Waals surface area contributed by atoms with Crippen molar-refractivity contribution in [2.45, 2.75) is 39.2 Å². The minimum atomic E-state index is -0.426. The number of nitro benzene ring substituents is 1. The van der Waals surface area contributed by atoms with E-state index in [0.717, 1.165) is 38.4 Å². The van der Waals surface area contributed by atoms with Crippen molar-refractivity contribution >= 4 is 29.7 Å². The number of anilines is 1. The molecule has 1 aliphatic heterocycles. The maximum absolute atomic E-state index is 12.6. The van der Waals surface area contributed by atoms with Gasteiger partial charge in [-0.3, -0.25) is 19.8 Å². The van der Waals surface area contributed by atoms with Gasteiger partial charge >= 0.3 is 0 Å². The van der Waals surface area contributed by atoms with Gasteiger partial charge in [0, 0.05) is 6.07 Å². The van der Waals surface area contributed by atoms with E-state index in [1.165, 1.54) is 12.5 Å². The normalized spacial score (nSPS) is 16.6. The first-order valence-electron chi connectivity index (χ1n) is 8.87. The number of piperidine rings is 1.